The lowest BCUT2D eigenvalue weighted by Gasteiger charge is -2.11. The molecule has 0 saturated heterocycles. The molecule has 0 atom stereocenters. The highest BCUT2D eigenvalue weighted by molar-refractivity contribution is 6.05. The van der Waals surface area contributed by atoms with Crippen LogP contribution in [0.4, 0.5) is 0 Å². The topological polar surface area (TPSA) is 65.6 Å². The summed E-state index contributed by atoms with van der Waals surface area (Å²) in [6.07, 6.45) is 4.41. The zero-order valence-corrected chi connectivity index (χ0v) is 18.8. The van der Waals surface area contributed by atoms with Crippen LogP contribution in [0.5, 0.6) is 0 Å². The van der Waals surface area contributed by atoms with E-state index in [0.29, 0.717) is 28.7 Å². The molecule has 6 heteroatoms. The van der Waals surface area contributed by atoms with Gasteiger partial charge >= 0.3 is 0 Å². The molecule has 5 rings (SSSR count). The van der Waals surface area contributed by atoms with Crippen LogP contribution in [-0.2, 0) is 6.54 Å². The van der Waals surface area contributed by atoms with E-state index < -0.39 is 0 Å². The van der Waals surface area contributed by atoms with Gasteiger partial charge in [-0.3, -0.25) is 13.9 Å². The quantitative estimate of drug-likeness (QED) is 0.338. The predicted molar refractivity (Wildman–Crippen MR) is 130 cm³/mol. The molecular weight excluding hydrogens is 398 g/mol. The Morgan fingerprint density at radius 1 is 0.812 bits per heavy atom. The van der Waals surface area contributed by atoms with Gasteiger partial charge in [-0.2, -0.15) is 0 Å². The molecule has 0 saturated carbocycles. The van der Waals surface area contributed by atoms with Gasteiger partial charge in [-0.1, -0.05) is 56.0 Å². The summed E-state index contributed by atoms with van der Waals surface area (Å²) in [5.41, 5.74) is 5.52. The minimum absolute atomic E-state index is 0.0376. The van der Waals surface area contributed by atoms with E-state index in [1.54, 1.807) is 4.57 Å². The van der Waals surface area contributed by atoms with Crippen LogP contribution in [0.15, 0.2) is 53.3 Å². The Labute approximate surface area is 186 Å². The Kier molecular flexibility index (Phi) is 5.21. The fourth-order valence-corrected chi connectivity index (χ4v) is 4.33. The number of hydrogen-bond donors (Lipinski definition) is 0. The molecule has 0 N–H and O–H groups in total. The molecule has 3 aromatic heterocycles. The predicted octanol–water partition coefficient (Wildman–Crippen LogP) is 5.48. The van der Waals surface area contributed by atoms with Crippen molar-refractivity contribution in [3.05, 3.63) is 70.3 Å². The fourth-order valence-electron chi connectivity index (χ4n) is 4.33. The summed E-state index contributed by atoms with van der Waals surface area (Å²) >= 11 is 0. The van der Waals surface area contributed by atoms with Gasteiger partial charge in [0.25, 0.3) is 5.56 Å². The van der Waals surface area contributed by atoms with Crippen molar-refractivity contribution in [3.8, 4) is 5.69 Å². The van der Waals surface area contributed by atoms with Gasteiger partial charge in [-0.15, -0.1) is 0 Å². The first-order chi connectivity index (χ1) is 15.6. The molecule has 0 unspecified atom stereocenters. The molecule has 162 valence electrons. The molecule has 3 heterocycles. The lowest BCUT2D eigenvalue weighted by Crippen LogP contribution is -2.24. The largest absolute Gasteiger partial charge is 0.296 e. The molecular formula is C26H27N5O. The average Bonchev–Trinajstić information content (AvgIpc) is 3.10. The summed E-state index contributed by atoms with van der Waals surface area (Å²) in [5, 5.41) is 0.542. The van der Waals surface area contributed by atoms with Crippen LogP contribution >= 0.6 is 0 Å². The molecule has 0 aliphatic heterocycles. The second kappa shape index (κ2) is 8.19. The standard InChI is InChI=1S/C26H27N5O/c1-4-5-6-9-16-30-18(3)27-24-22(26(30)32)23-25(29-21-11-8-7-10-20(21)28-23)31(24)19-14-12-17(2)13-15-19/h7-8,10-15H,4-6,9,16H2,1-3H3. The molecule has 5 aromatic rings. The number of rotatable bonds is 6. The molecule has 0 radical (unpaired) electrons. The highest BCUT2D eigenvalue weighted by atomic mass is 16.1. The molecule has 2 aromatic carbocycles. The SMILES string of the molecule is CCCCCCn1c(C)nc2c(c1=O)c1nc3ccccc3nc1n2-c1ccc(C)cc1. The first-order valence-corrected chi connectivity index (χ1v) is 11.3. The summed E-state index contributed by atoms with van der Waals surface area (Å²) in [5.74, 6) is 0.722. The number of aromatic nitrogens is 5. The third-order valence-electron chi connectivity index (χ3n) is 6.08. The maximum Gasteiger partial charge on any atom is 0.265 e. The monoisotopic (exact) mass is 425 g/mol. The van der Waals surface area contributed by atoms with Crippen LogP contribution in [0.25, 0.3) is 38.9 Å². The van der Waals surface area contributed by atoms with Crippen molar-refractivity contribution in [2.45, 2.75) is 53.0 Å². The lowest BCUT2D eigenvalue weighted by atomic mass is 10.2. The van der Waals surface area contributed by atoms with E-state index in [0.717, 1.165) is 41.8 Å². The molecule has 6 nitrogen and oxygen atoms in total. The number of fused-ring (bicyclic) bond motifs is 4. The molecule has 0 aliphatic carbocycles. The number of unbranched alkanes of at least 4 members (excludes halogenated alkanes) is 3. The maximum absolute atomic E-state index is 13.7. The van der Waals surface area contributed by atoms with Gasteiger partial charge in [0.15, 0.2) is 11.3 Å². The maximum atomic E-state index is 13.7. The third-order valence-corrected chi connectivity index (χ3v) is 6.08. The molecule has 0 aliphatic rings. The lowest BCUT2D eigenvalue weighted by molar-refractivity contribution is 0.556. The van der Waals surface area contributed by atoms with Crippen LogP contribution in [0.3, 0.4) is 0 Å². The third kappa shape index (κ3) is 3.36. The molecule has 0 bridgehead atoms. The molecule has 32 heavy (non-hydrogen) atoms. The summed E-state index contributed by atoms with van der Waals surface area (Å²) in [4.78, 5) is 28.4. The minimum atomic E-state index is -0.0376. The average molecular weight is 426 g/mol. The first-order valence-electron chi connectivity index (χ1n) is 11.3. The van der Waals surface area contributed by atoms with Crippen LogP contribution in [-0.4, -0.2) is 24.1 Å². The summed E-state index contributed by atoms with van der Waals surface area (Å²) in [6, 6.07) is 16.0. The van der Waals surface area contributed by atoms with Crippen molar-refractivity contribution in [1.82, 2.24) is 24.1 Å². The Bertz CT molecular complexity index is 1500. The molecule has 0 fully saturated rings. The number of benzene rings is 2. The summed E-state index contributed by atoms with van der Waals surface area (Å²) < 4.78 is 3.77. The molecule has 0 amide bonds. The van der Waals surface area contributed by atoms with Gasteiger partial charge in [0.2, 0.25) is 0 Å². The summed E-state index contributed by atoms with van der Waals surface area (Å²) in [7, 11) is 0. The van der Waals surface area contributed by atoms with Crippen molar-refractivity contribution < 1.29 is 0 Å². The van der Waals surface area contributed by atoms with Crippen molar-refractivity contribution in [2.75, 3.05) is 0 Å². The Balaban J connectivity index is 1.83. The number of hydrogen-bond acceptors (Lipinski definition) is 4. The van der Waals surface area contributed by atoms with Crippen molar-refractivity contribution in [3.63, 3.8) is 0 Å². The van der Waals surface area contributed by atoms with E-state index in [1.165, 1.54) is 12.0 Å². The number of nitrogens with zero attached hydrogens (tertiary/aromatic N) is 5. The van der Waals surface area contributed by atoms with E-state index in [4.69, 9.17) is 15.0 Å². The first kappa shape index (κ1) is 20.4. The van der Waals surface area contributed by atoms with E-state index in [1.807, 2.05) is 47.9 Å². The van der Waals surface area contributed by atoms with Gasteiger partial charge in [0.1, 0.15) is 16.7 Å². The van der Waals surface area contributed by atoms with E-state index >= 15 is 0 Å². The van der Waals surface area contributed by atoms with Crippen LogP contribution in [0.2, 0.25) is 0 Å². The fraction of sp³-hybridized carbons (Fsp3) is 0.308. The highest BCUT2D eigenvalue weighted by Gasteiger charge is 2.22. The van der Waals surface area contributed by atoms with Gasteiger partial charge in [-0.05, 0) is 44.5 Å². The van der Waals surface area contributed by atoms with E-state index in [2.05, 4.69) is 26.0 Å². The van der Waals surface area contributed by atoms with Crippen molar-refractivity contribution in [1.29, 1.82) is 0 Å². The van der Waals surface area contributed by atoms with Crippen LogP contribution in [0.1, 0.15) is 44.0 Å². The van der Waals surface area contributed by atoms with Gasteiger partial charge < -0.3 is 0 Å². The van der Waals surface area contributed by atoms with E-state index in [-0.39, 0.29) is 5.56 Å². The number of para-hydroxylation sites is 2. The van der Waals surface area contributed by atoms with E-state index in [9.17, 15) is 4.79 Å². The Hall–Kier alpha value is -3.54. The zero-order valence-electron chi connectivity index (χ0n) is 18.8. The van der Waals surface area contributed by atoms with Crippen LogP contribution in [0, 0.1) is 13.8 Å². The van der Waals surface area contributed by atoms with Crippen molar-refractivity contribution >= 4 is 33.2 Å². The summed E-state index contributed by atoms with van der Waals surface area (Å²) in [6.45, 7) is 6.83. The van der Waals surface area contributed by atoms with Gasteiger partial charge in [-0.25, -0.2) is 15.0 Å². The molecule has 0 spiro atoms. The Morgan fingerprint density at radius 3 is 2.25 bits per heavy atom. The number of aryl methyl sites for hydroxylation is 2. The highest BCUT2D eigenvalue weighted by Crippen LogP contribution is 2.28. The second-order valence-corrected chi connectivity index (χ2v) is 8.43. The zero-order chi connectivity index (χ0) is 22.2. The van der Waals surface area contributed by atoms with Gasteiger partial charge in [0.05, 0.1) is 11.0 Å². The van der Waals surface area contributed by atoms with Crippen molar-refractivity contribution in [2.24, 2.45) is 0 Å². The smallest absolute Gasteiger partial charge is 0.265 e. The Morgan fingerprint density at radius 2 is 1.53 bits per heavy atom. The van der Waals surface area contributed by atoms with Gasteiger partial charge in [0, 0.05) is 12.2 Å². The normalized spacial score (nSPS) is 11.7. The minimum Gasteiger partial charge on any atom is -0.296 e. The van der Waals surface area contributed by atoms with Crippen LogP contribution < -0.4 is 5.56 Å². The second-order valence-electron chi connectivity index (χ2n) is 8.43.